The lowest BCUT2D eigenvalue weighted by molar-refractivity contribution is 0.248. The fourth-order valence-electron chi connectivity index (χ4n) is 3.82. The highest BCUT2D eigenvalue weighted by Crippen LogP contribution is 2.50. The van der Waals surface area contributed by atoms with Gasteiger partial charge in [-0.05, 0) is 35.2 Å². The highest BCUT2D eigenvalue weighted by molar-refractivity contribution is 8.23. The van der Waals surface area contributed by atoms with Crippen molar-refractivity contribution in [1.82, 2.24) is 4.90 Å². The fourth-order valence-corrected chi connectivity index (χ4v) is 5.77. The average Bonchev–Trinajstić information content (AvgIpc) is 3.23. The standard InChI is InChI=1S/C23H28N2O2S/c1-26-21-9-5-8-20(17-21)25-14-12-24(13-15-25)18-19-7-3-4-10-22(19)28-16-6-11-23(28)27-2/h3-11,16-17,28H,12-15,18H2,1-2H3. The normalized spacial score (nSPS) is 20.9. The van der Waals surface area contributed by atoms with Crippen LogP contribution < -0.4 is 9.64 Å². The zero-order chi connectivity index (χ0) is 19.3. The lowest BCUT2D eigenvalue weighted by atomic mass is 10.2. The summed E-state index contributed by atoms with van der Waals surface area (Å²) in [5.74, 6) is 0.919. The Morgan fingerprint density at radius 2 is 1.75 bits per heavy atom. The third kappa shape index (κ3) is 4.05. The van der Waals surface area contributed by atoms with Gasteiger partial charge >= 0.3 is 0 Å². The van der Waals surface area contributed by atoms with Crippen molar-refractivity contribution in [3.8, 4) is 5.75 Å². The number of anilines is 1. The molecule has 1 unspecified atom stereocenters. The van der Waals surface area contributed by atoms with Crippen molar-refractivity contribution in [3.05, 3.63) is 76.7 Å². The zero-order valence-electron chi connectivity index (χ0n) is 16.5. The first kappa shape index (κ1) is 19.0. The largest absolute Gasteiger partial charge is 0.497 e. The van der Waals surface area contributed by atoms with Crippen LogP contribution in [0.3, 0.4) is 0 Å². The van der Waals surface area contributed by atoms with Crippen LogP contribution in [0.2, 0.25) is 0 Å². The number of nitrogens with zero attached hydrogens (tertiary/aromatic N) is 2. The van der Waals surface area contributed by atoms with Crippen LogP contribution in [0.15, 0.2) is 76.1 Å². The lowest BCUT2D eigenvalue weighted by Gasteiger charge is -2.36. The minimum atomic E-state index is -0.495. The van der Waals surface area contributed by atoms with Gasteiger partial charge in [-0.25, -0.2) is 0 Å². The summed E-state index contributed by atoms with van der Waals surface area (Å²) in [4.78, 5) is 6.41. The van der Waals surface area contributed by atoms with Gasteiger partial charge in [-0.2, -0.15) is 0 Å². The molecule has 2 aromatic carbocycles. The molecule has 2 heterocycles. The molecule has 5 heteroatoms. The zero-order valence-corrected chi connectivity index (χ0v) is 17.4. The van der Waals surface area contributed by atoms with Crippen molar-refractivity contribution < 1.29 is 9.47 Å². The number of piperazine rings is 1. The third-order valence-electron chi connectivity index (χ3n) is 5.36. The van der Waals surface area contributed by atoms with Gasteiger partial charge in [0, 0.05) is 49.4 Å². The molecule has 4 rings (SSSR count). The first-order valence-corrected chi connectivity index (χ1v) is 11.1. The molecule has 1 atom stereocenters. The number of allylic oxidation sites excluding steroid dienone is 2. The molecule has 1 saturated heterocycles. The van der Waals surface area contributed by atoms with E-state index in [1.165, 1.54) is 16.1 Å². The summed E-state index contributed by atoms with van der Waals surface area (Å²) in [6.45, 7) is 5.19. The van der Waals surface area contributed by atoms with Crippen molar-refractivity contribution in [2.75, 3.05) is 45.3 Å². The Labute approximate surface area is 170 Å². The van der Waals surface area contributed by atoms with E-state index in [1.54, 1.807) is 14.2 Å². The molecule has 2 aliphatic rings. The molecule has 148 valence electrons. The first-order chi connectivity index (χ1) is 13.8. The molecule has 0 aliphatic carbocycles. The SMILES string of the molecule is COC1=CC=C[SH]1c1ccccc1CN1CCN(c2cccc(OC)c2)CC1. The molecule has 0 radical (unpaired) electrons. The van der Waals surface area contributed by atoms with Gasteiger partial charge in [0.2, 0.25) is 0 Å². The Kier molecular flexibility index (Phi) is 5.93. The van der Waals surface area contributed by atoms with Crippen LogP contribution in [0.25, 0.3) is 0 Å². The van der Waals surface area contributed by atoms with E-state index in [-0.39, 0.29) is 0 Å². The second kappa shape index (κ2) is 8.76. The second-order valence-corrected chi connectivity index (χ2v) is 8.97. The molecular formula is C23H28N2O2S. The van der Waals surface area contributed by atoms with E-state index < -0.39 is 10.9 Å². The van der Waals surface area contributed by atoms with Crippen molar-refractivity contribution in [2.45, 2.75) is 11.4 Å². The van der Waals surface area contributed by atoms with Crippen LogP contribution in [-0.2, 0) is 11.3 Å². The van der Waals surface area contributed by atoms with Crippen molar-refractivity contribution in [3.63, 3.8) is 0 Å². The number of methoxy groups -OCH3 is 2. The van der Waals surface area contributed by atoms with Crippen LogP contribution in [0.5, 0.6) is 5.75 Å². The Morgan fingerprint density at radius 3 is 2.54 bits per heavy atom. The van der Waals surface area contributed by atoms with Crippen LogP contribution in [-0.4, -0.2) is 45.3 Å². The molecule has 2 aromatic rings. The van der Waals surface area contributed by atoms with Gasteiger partial charge in [-0.15, -0.1) is 10.9 Å². The number of benzene rings is 2. The molecular weight excluding hydrogens is 368 g/mol. The highest BCUT2D eigenvalue weighted by Gasteiger charge is 2.21. The number of ether oxygens (including phenoxy) is 2. The number of rotatable bonds is 6. The van der Waals surface area contributed by atoms with Crippen molar-refractivity contribution >= 4 is 16.6 Å². The second-order valence-electron chi connectivity index (χ2n) is 7.01. The maximum absolute atomic E-state index is 5.60. The van der Waals surface area contributed by atoms with Gasteiger partial charge in [0.15, 0.2) is 0 Å². The number of hydrogen-bond acceptors (Lipinski definition) is 4. The first-order valence-electron chi connectivity index (χ1n) is 9.69. The summed E-state index contributed by atoms with van der Waals surface area (Å²) in [6, 6.07) is 17.2. The van der Waals surface area contributed by atoms with Gasteiger partial charge in [0.25, 0.3) is 0 Å². The van der Waals surface area contributed by atoms with E-state index >= 15 is 0 Å². The summed E-state index contributed by atoms with van der Waals surface area (Å²) in [5, 5.41) is 3.37. The molecule has 0 spiro atoms. The lowest BCUT2D eigenvalue weighted by Crippen LogP contribution is -2.46. The maximum Gasteiger partial charge on any atom is 0.140 e. The third-order valence-corrected chi connectivity index (χ3v) is 7.59. The minimum absolute atomic E-state index is 0.495. The Hall–Kier alpha value is -2.37. The molecule has 0 saturated carbocycles. The van der Waals surface area contributed by atoms with Crippen LogP contribution in [0.4, 0.5) is 5.69 Å². The number of hydrogen-bond donors (Lipinski definition) is 1. The molecule has 0 bridgehead atoms. The predicted octanol–water partition coefficient (Wildman–Crippen LogP) is 4.39. The van der Waals surface area contributed by atoms with Crippen LogP contribution >= 0.6 is 10.9 Å². The molecule has 4 nitrogen and oxygen atoms in total. The molecule has 0 N–H and O–H groups in total. The van der Waals surface area contributed by atoms with Crippen molar-refractivity contribution in [2.24, 2.45) is 0 Å². The Bertz CT molecular complexity index is 872. The van der Waals surface area contributed by atoms with E-state index in [0.717, 1.165) is 43.6 Å². The highest BCUT2D eigenvalue weighted by atomic mass is 32.2. The van der Waals surface area contributed by atoms with E-state index in [1.807, 2.05) is 6.07 Å². The van der Waals surface area contributed by atoms with E-state index in [4.69, 9.17) is 9.47 Å². The Balaban J connectivity index is 1.42. The van der Waals surface area contributed by atoms with E-state index in [9.17, 15) is 0 Å². The Morgan fingerprint density at radius 1 is 0.929 bits per heavy atom. The summed E-state index contributed by atoms with van der Waals surface area (Å²) in [6.07, 6.45) is 4.21. The number of thiol groups is 1. The van der Waals surface area contributed by atoms with Crippen LogP contribution in [0.1, 0.15) is 5.56 Å². The monoisotopic (exact) mass is 396 g/mol. The van der Waals surface area contributed by atoms with E-state index in [2.05, 4.69) is 69.8 Å². The van der Waals surface area contributed by atoms with Crippen LogP contribution in [0, 0.1) is 0 Å². The predicted molar refractivity (Wildman–Crippen MR) is 118 cm³/mol. The summed E-state index contributed by atoms with van der Waals surface area (Å²) in [5.41, 5.74) is 2.66. The smallest absolute Gasteiger partial charge is 0.140 e. The molecule has 2 aliphatic heterocycles. The van der Waals surface area contributed by atoms with Gasteiger partial charge < -0.3 is 14.4 Å². The quantitative estimate of drug-likeness (QED) is 0.732. The maximum atomic E-state index is 5.60. The molecule has 0 amide bonds. The van der Waals surface area contributed by atoms with Gasteiger partial charge in [0.1, 0.15) is 10.8 Å². The fraction of sp³-hybridized carbons (Fsp3) is 0.304. The summed E-state index contributed by atoms with van der Waals surface area (Å²) in [7, 11) is 3.00. The topological polar surface area (TPSA) is 24.9 Å². The molecule has 28 heavy (non-hydrogen) atoms. The van der Waals surface area contributed by atoms with E-state index in [0.29, 0.717) is 0 Å². The molecule has 0 aromatic heterocycles. The summed E-state index contributed by atoms with van der Waals surface area (Å²) < 4.78 is 11.0. The molecule has 1 fully saturated rings. The minimum Gasteiger partial charge on any atom is -0.497 e. The van der Waals surface area contributed by atoms with Gasteiger partial charge in [0.05, 0.1) is 14.2 Å². The van der Waals surface area contributed by atoms with Gasteiger partial charge in [-0.1, -0.05) is 30.3 Å². The van der Waals surface area contributed by atoms with Crippen molar-refractivity contribution in [1.29, 1.82) is 0 Å². The van der Waals surface area contributed by atoms with Gasteiger partial charge in [-0.3, -0.25) is 4.90 Å². The summed E-state index contributed by atoms with van der Waals surface area (Å²) >= 11 is 0. The average molecular weight is 397 g/mol.